The van der Waals surface area contributed by atoms with Gasteiger partial charge in [-0.25, -0.2) is 4.98 Å². The average molecular weight is 571 g/mol. The highest BCUT2D eigenvalue weighted by Gasteiger charge is 2.31. The fourth-order valence-corrected chi connectivity index (χ4v) is 5.51. The van der Waals surface area contributed by atoms with E-state index < -0.39 is 4.92 Å². The standard InChI is InChI=1S/C29H26N6O5S/c1-39-27-12-20(4-7-26(27)40-14-21-15-41-17-31-21)19-3-5-22-24(11-19)32-23-6-2-18(10-25(23)33-29(22)36)8-9-34-13-28(30-16-34)35(37)38/h2,4,6-7,10-13,15-17,22H,3,5,8-9,14H2,1H3,(H,33,36). The lowest BCUT2D eigenvalue weighted by molar-refractivity contribution is -0.389. The van der Waals surface area contributed by atoms with E-state index in [-0.39, 0.29) is 17.6 Å². The number of rotatable bonds is 9. The number of nitrogens with zero attached hydrogens (tertiary/aromatic N) is 5. The normalized spacial score (nSPS) is 16.0. The highest BCUT2D eigenvalue weighted by molar-refractivity contribution is 7.07. The number of aromatic nitrogens is 3. The van der Waals surface area contributed by atoms with Gasteiger partial charge in [0.05, 0.1) is 41.3 Å². The van der Waals surface area contributed by atoms with Crippen LogP contribution >= 0.6 is 11.3 Å². The van der Waals surface area contributed by atoms with Gasteiger partial charge in [-0.1, -0.05) is 12.1 Å². The van der Waals surface area contributed by atoms with Gasteiger partial charge in [0.15, 0.2) is 11.5 Å². The highest BCUT2D eigenvalue weighted by Crippen LogP contribution is 2.38. The summed E-state index contributed by atoms with van der Waals surface area (Å²) in [4.78, 5) is 36.5. The number of imidazole rings is 1. The molecular formula is C29H26N6O5S. The van der Waals surface area contributed by atoms with Crippen LogP contribution in [-0.4, -0.2) is 38.2 Å². The van der Waals surface area contributed by atoms with Crippen molar-refractivity contribution in [3.05, 3.63) is 92.8 Å². The van der Waals surface area contributed by atoms with Crippen LogP contribution in [0.25, 0.3) is 5.57 Å². The number of hydrogen-bond donors (Lipinski definition) is 1. The number of anilines is 1. The summed E-state index contributed by atoms with van der Waals surface area (Å²) in [6.07, 6.45) is 6.84. The van der Waals surface area contributed by atoms with Crippen molar-refractivity contribution in [3.63, 3.8) is 0 Å². The van der Waals surface area contributed by atoms with Crippen LogP contribution < -0.4 is 14.8 Å². The Morgan fingerprint density at radius 3 is 2.88 bits per heavy atom. The third kappa shape index (κ3) is 5.73. The van der Waals surface area contributed by atoms with E-state index in [0.29, 0.717) is 48.9 Å². The van der Waals surface area contributed by atoms with Crippen LogP contribution in [0.2, 0.25) is 0 Å². The monoisotopic (exact) mass is 570 g/mol. The third-order valence-electron chi connectivity index (χ3n) is 7.13. The number of allylic oxidation sites excluding steroid dienone is 2. The van der Waals surface area contributed by atoms with Crippen molar-refractivity contribution in [2.75, 3.05) is 12.4 Å². The summed E-state index contributed by atoms with van der Waals surface area (Å²) < 4.78 is 13.2. The van der Waals surface area contributed by atoms with Gasteiger partial charge in [-0.05, 0) is 76.2 Å². The van der Waals surface area contributed by atoms with E-state index in [4.69, 9.17) is 14.5 Å². The Morgan fingerprint density at radius 2 is 2.10 bits per heavy atom. The van der Waals surface area contributed by atoms with Crippen LogP contribution in [0, 0.1) is 16.0 Å². The van der Waals surface area contributed by atoms with Crippen LogP contribution in [0.15, 0.2) is 70.9 Å². The summed E-state index contributed by atoms with van der Waals surface area (Å²) >= 11 is 1.52. The first-order valence-electron chi connectivity index (χ1n) is 13.0. The van der Waals surface area contributed by atoms with Gasteiger partial charge in [0.1, 0.15) is 12.8 Å². The average Bonchev–Trinajstić information content (AvgIpc) is 3.66. The number of carbonyl (C=O) groups is 1. The van der Waals surface area contributed by atoms with Crippen LogP contribution in [0.1, 0.15) is 29.7 Å². The first-order valence-corrected chi connectivity index (χ1v) is 14.0. The van der Waals surface area contributed by atoms with Crippen molar-refractivity contribution in [2.45, 2.75) is 32.4 Å². The topological polar surface area (TPSA) is 134 Å². The molecule has 0 radical (unpaired) electrons. The van der Waals surface area contributed by atoms with E-state index >= 15 is 0 Å². The number of amides is 1. The SMILES string of the molecule is COc1cc(C2=CC3=Nc4ccc(CCn5cnc([N+](=O)[O-])c5)cc4NC(=O)C3CC2)ccc1OCc1cscn1. The lowest BCUT2D eigenvalue weighted by atomic mass is 9.84. The maximum atomic E-state index is 13.2. The lowest BCUT2D eigenvalue weighted by Gasteiger charge is -2.22. The Labute approximate surface area is 239 Å². The molecule has 0 bridgehead atoms. The molecule has 6 rings (SSSR count). The van der Waals surface area contributed by atoms with Crippen molar-refractivity contribution < 1.29 is 19.2 Å². The predicted octanol–water partition coefficient (Wildman–Crippen LogP) is 5.60. The fraction of sp³-hybridized carbons (Fsp3) is 0.241. The summed E-state index contributed by atoms with van der Waals surface area (Å²) in [5, 5.41) is 15.9. The maximum absolute atomic E-state index is 13.2. The number of hydrogen-bond acceptors (Lipinski definition) is 9. The van der Waals surface area contributed by atoms with Crippen molar-refractivity contribution in [1.29, 1.82) is 0 Å². The Balaban J connectivity index is 1.21. The molecular weight excluding hydrogens is 544 g/mol. The van der Waals surface area contributed by atoms with Crippen molar-refractivity contribution in [2.24, 2.45) is 10.9 Å². The van der Waals surface area contributed by atoms with Gasteiger partial charge in [0.25, 0.3) is 0 Å². The summed E-state index contributed by atoms with van der Waals surface area (Å²) in [5.41, 5.74) is 7.76. The Hall–Kier alpha value is -4.84. The minimum absolute atomic E-state index is 0.0800. The molecule has 12 heteroatoms. The first-order chi connectivity index (χ1) is 20.0. The third-order valence-corrected chi connectivity index (χ3v) is 7.76. The number of carbonyl (C=O) groups excluding carboxylic acids is 1. The number of aliphatic imine (C=N–C) groups is 1. The summed E-state index contributed by atoms with van der Waals surface area (Å²) in [7, 11) is 1.62. The van der Waals surface area contributed by atoms with E-state index in [1.807, 2.05) is 47.9 Å². The number of fused-ring (bicyclic) bond motifs is 2. The van der Waals surface area contributed by atoms with Crippen LogP contribution in [0.3, 0.4) is 0 Å². The number of nitro groups is 1. The summed E-state index contributed by atoms with van der Waals surface area (Å²) in [6.45, 7) is 0.887. The van der Waals surface area contributed by atoms with Gasteiger partial charge in [-0.2, -0.15) is 0 Å². The predicted molar refractivity (Wildman–Crippen MR) is 155 cm³/mol. The molecule has 1 amide bonds. The number of nitrogens with one attached hydrogen (secondary N) is 1. The van der Waals surface area contributed by atoms with Gasteiger partial charge in [-0.3, -0.25) is 9.79 Å². The second-order valence-electron chi connectivity index (χ2n) is 9.75. The molecule has 1 aliphatic heterocycles. The molecule has 41 heavy (non-hydrogen) atoms. The molecule has 1 N–H and O–H groups in total. The van der Waals surface area contributed by atoms with Gasteiger partial charge in [0.2, 0.25) is 12.2 Å². The zero-order valence-corrected chi connectivity index (χ0v) is 23.0. The molecule has 2 aliphatic rings. The molecule has 1 atom stereocenters. The number of thiazole rings is 1. The second kappa shape index (κ2) is 11.3. The quantitative estimate of drug-likeness (QED) is 0.205. The molecule has 4 aromatic rings. The molecule has 1 unspecified atom stereocenters. The largest absolute Gasteiger partial charge is 0.493 e. The zero-order chi connectivity index (χ0) is 28.3. The molecule has 0 spiro atoms. The van der Waals surface area contributed by atoms with Crippen molar-refractivity contribution in [3.8, 4) is 11.5 Å². The van der Waals surface area contributed by atoms with Gasteiger partial charge in [-0.15, -0.1) is 11.3 Å². The minimum atomic E-state index is -0.516. The molecule has 2 aromatic heterocycles. The summed E-state index contributed by atoms with van der Waals surface area (Å²) in [5.74, 6) is 0.664. The van der Waals surface area contributed by atoms with E-state index in [1.165, 1.54) is 23.9 Å². The number of aryl methyl sites for hydroxylation is 2. The molecule has 0 saturated heterocycles. The van der Waals surface area contributed by atoms with Gasteiger partial charge in [0, 0.05) is 11.9 Å². The molecule has 11 nitrogen and oxygen atoms in total. The van der Waals surface area contributed by atoms with Crippen LogP contribution in [-0.2, 0) is 24.4 Å². The number of methoxy groups -OCH3 is 1. The Bertz CT molecular complexity index is 1680. The zero-order valence-electron chi connectivity index (χ0n) is 22.1. The smallest absolute Gasteiger partial charge is 0.381 e. The lowest BCUT2D eigenvalue weighted by Crippen LogP contribution is -2.29. The molecule has 2 aromatic carbocycles. The molecule has 3 heterocycles. The second-order valence-corrected chi connectivity index (χ2v) is 10.5. The summed E-state index contributed by atoms with van der Waals surface area (Å²) in [6, 6.07) is 11.6. The maximum Gasteiger partial charge on any atom is 0.381 e. The van der Waals surface area contributed by atoms with Gasteiger partial charge >= 0.3 is 5.82 Å². The van der Waals surface area contributed by atoms with Crippen LogP contribution in [0.5, 0.6) is 11.5 Å². The number of ether oxygens (including phenoxy) is 2. The first kappa shape index (κ1) is 26.4. The molecule has 0 fully saturated rings. The van der Waals surface area contributed by atoms with E-state index in [9.17, 15) is 14.9 Å². The minimum Gasteiger partial charge on any atom is -0.493 e. The van der Waals surface area contributed by atoms with E-state index in [1.54, 1.807) is 17.2 Å². The fourth-order valence-electron chi connectivity index (χ4n) is 4.97. The van der Waals surface area contributed by atoms with Crippen LogP contribution in [0.4, 0.5) is 17.2 Å². The van der Waals surface area contributed by atoms with E-state index in [0.717, 1.165) is 34.5 Å². The van der Waals surface area contributed by atoms with Crippen molar-refractivity contribution >= 4 is 45.7 Å². The highest BCUT2D eigenvalue weighted by atomic mass is 32.1. The molecule has 1 aliphatic carbocycles. The molecule has 208 valence electrons. The molecule has 0 saturated carbocycles. The van der Waals surface area contributed by atoms with Gasteiger partial charge < -0.3 is 29.5 Å². The number of benzene rings is 2. The Kier molecular flexibility index (Phi) is 7.30. The Morgan fingerprint density at radius 1 is 1.20 bits per heavy atom. The van der Waals surface area contributed by atoms with Crippen molar-refractivity contribution in [1.82, 2.24) is 14.5 Å². The van der Waals surface area contributed by atoms with E-state index in [2.05, 4.69) is 15.3 Å².